The van der Waals surface area contributed by atoms with Crippen LogP contribution < -0.4 is 5.32 Å². The number of nitrogens with one attached hydrogen (secondary N) is 1. The van der Waals surface area contributed by atoms with Crippen LogP contribution in [0, 0.1) is 0 Å². The molecule has 92 valence electrons. The van der Waals surface area contributed by atoms with Gasteiger partial charge in [-0.2, -0.15) is 0 Å². The lowest BCUT2D eigenvalue weighted by atomic mass is 10.1. The predicted molar refractivity (Wildman–Crippen MR) is 64.3 cm³/mol. The third-order valence-electron chi connectivity index (χ3n) is 2.65. The minimum absolute atomic E-state index is 0.182. The Labute approximate surface area is 97.6 Å². The van der Waals surface area contributed by atoms with Gasteiger partial charge in [0.25, 0.3) is 0 Å². The van der Waals surface area contributed by atoms with Gasteiger partial charge in [0.15, 0.2) is 0 Å². The molecule has 0 spiro atoms. The molecule has 0 unspecified atom stereocenters. The third-order valence-corrected chi connectivity index (χ3v) is 2.65. The molecule has 0 aromatic carbocycles. The van der Waals surface area contributed by atoms with Crippen LogP contribution in [-0.4, -0.2) is 50.2 Å². The molecule has 1 rings (SSSR count). The predicted octanol–water partition coefficient (Wildman–Crippen LogP) is 0.790. The minimum atomic E-state index is 0.182. The summed E-state index contributed by atoms with van der Waals surface area (Å²) >= 11 is 0. The number of carbonyl (C=O) groups is 1. The van der Waals surface area contributed by atoms with Crippen molar-refractivity contribution in [3.63, 3.8) is 0 Å². The smallest absolute Gasteiger partial charge is 0.236 e. The topological polar surface area (TPSA) is 41.6 Å². The van der Waals surface area contributed by atoms with Crippen LogP contribution in [0.4, 0.5) is 0 Å². The molecule has 1 N–H and O–H groups in total. The summed E-state index contributed by atoms with van der Waals surface area (Å²) in [6, 6.07) is 0.355. The zero-order chi connectivity index (χ0) is 12.0. The van der Waals surface area contributed by atoms with E-state index >= 15 is 0 Å². The highest BCUT2D eigenvalue weighted by atomic mass is 16.5. The van der Waals surface area contributed by atoms with Crippen molar-refractivity contribution in [2.45, 2.75) is 26.3 Å². The first-order valence-corrected chi connectivity index (χ1v) is 5.81. The Morgan fingerprint density at radius 2 is 2.38 bits per heavy atom. The van der Waals surface area contributed by atoms with Crippen LogP contribution in [0.25, 0.3) is 0 Å². The molecule has 1 heterocycles. The summed E-state index contributed by atoms with van der Waals surface area (Å²) < 4.78 is 5.07. The van der Waals surface area contributed by atoms with E-state index in [4.69, 9.17) is 4.74 Å². The Kier molecular flexibility index (Phi) is 5.49. The number of rotatable bonds is 5. The summed E-state index contributed by atoms with van der Waals surface area (Å²) in [5.41, 5.74) is 1.29. The highest BCUT2D eigenvalue weighted by molar-refractivity contribution is 5.78. The fourth-order valence-corrected chi connectivity index (χ4v) is 1.66. The van der Waals surface area contributed by atoms with Gasteiger partial charge in [0, 0.05) is 26.2 Å². The zero-order valence-electron chi connectivity index (χ0n) is 10.5. The molecule has 0 saturated heterocycles. The van der Waals surface area contributed by atoms with E-state index in [1.165, 1.54) is 5.57 Å². The molecule has 0 aromatic heterocycles. The quantitative estimate of drug-likeness (QED) is 0.705. The maximum atomic E-state index is 11.8. The van der Waals surface area contributed by atoms with Crippen molar-refractivity contribution >= 4 is 5.91 Å². The maximum absolute atomic E-state index is 11.8. The van der Waals surface area contributed by atoms with Crippen molar-refractivity contribution < 1.29 is 9.53 Å². The summed E-state index contributed by atoms with van der Waals surface area (Å²) in [7, 11) is 1.70. The van der Waals surface area contributed by atoms with Crippen molar-refractivity contribution in [1.82, 2.24) is 10.2 Å². The van der Waals surface area contributed by atoms with Gasteiger partial charge in [0.05, 0.1) is 13.2 Å². The van der Waals surface area contributed by atoms with E-state index in [1.54, 1.807) is 7.11 Å². The average Bonchev–Trinajstić information content (AvgIpc) is 2.27. The van der Waals surface area contributed by atoms with Crippen molar-refractivity contribution in [3.05, 3.63) is 11.6 Å². The van der Waals surface area contributed by atoms with Crippen LogP contribution in [0.3, 0.4) is 0 Å². The zero-order valence-corrected chi connectivity index (χ0v) is 10.5. The Balaban J connectivity index is 2.32. The summed E-state index contributed by atoms with van der Waals surface area (Å²) in [6.45, 7) is 6.74. The van der Waals surface area contributed by atoms with E-state index in [0.29, 0.717) is 19.2 Å². The van der Waals surface area contributed by atoms with Gasteiger partial charge in [0.2, 0.25) is 5.91 Å². The van der Waals surface area contributed by atoms with Crippen LogP contribution >= 0.6 is 0 Å². The molecule has 1 amide bonds. The van der Waals surface area contributed by atoms with Crippen molar-refractivity contribution in [2.24, 2.45) is 0 Å². The van der Waals surface area contributed by atoms with Gasteiger partial charge < -0.3 is 15.0 Å². The fraction of sp³-hybridized carbons (Fsp3) is 0.750. The molecular weight excluding hydrogens is 204 g/mol. The molecule has 4 heteroatoms. The number of carbonyl (C=O) groups excluding carboxylic acids is 1. The molecule has 4 nitrogen and oxygen atoms in total. The SMILES string of the molecule is COCC1=CCN(C(=O)CNC(C)C)CC1. The maximum Gasteiger partial charge on any atom is 0.236 e. The van der Waals surface area contributed by atoms with E-state index in [0.717, 1.165) is 19.5 Å². The first kappa shape index (κ1) is 13.2. The summed E-state index contributed by atoms with van der Waals surface area (Å²) in [5.74, 6) is 0.182. The van der Waals surface area contributed by atoms with Gasteiger partial charge in [-0.25, -0.2) is 0 Å². The number of amides is 1. The molecule has 1 aliphatic rings. The minimum Gasteiger partial charge on any atom is -0.380 e. The monoisotopic (exact) mass is 226 g/mol. The molecule has 0 radical (unpaired) electrons. The number of hydrogen-bond donors (Lipinski definition) is 1. The van der Waals surface area contributed by atoms with Gasteiger partial charge in [0.1, 0.15) is 0 Å². The second kappa shape index (κ2) is 6.66. The molecule has 1 aliphatic heterocycles. The van der Waals surface area contributed by atoms with Crippen LogP contribution in [0.2, 0.25) is 0 Å². The second-order valence-corrected chi connectivity index (χ2v) is 4.42. The molecule has 16 heavy (non-hydrogen) atoms. The number of methoxy groups -OCH3 is 1. The summed E-state index contributed by atoms with van der Waals surface area (Å²) in [5, 5.41) is 3.14. The molecule has 0 bridgehead atoms. The highest BCUT2D eigenvalue weighted by Crippen LogP contribution is 2.10. The van der Waals surface area contributed by atoms with Crippen LogP contribution in [-0.2, 0) is 9.53 Å². The van der Waals surface area contributed by atoms with E-state index in [-0.39, 0.29) is 5.91 Å². The van der Waals surface area contributed by atoms with Gasteiger partial charge in [-0.05, 0) is 12.0 Å². The molecule has 0 aromatic rings. The summed E-state index contributed by atoms with van der Waals surface area (Å²) in [6.07, 6.45) is 3.03. The molecule has 0 aliphatic carbocycles. The van der Waals surface area contributed by atoms with Crippen LogP contribution in [0.1, 0.15) is 20.3 Å². The average molecular weight is 226 g/mol. The number of hydrogen-bond acceptors (Lipinski definition) is 3. The first-order chi connectivity index (χ1) is 7.63. The van der Waals surface area contributed by atoms with Gasteiger partial charge in [-0.15, -0.1) is 0 Å². The van der Waals surface area contributed by atoms with Crippen molar-refractivity contribution in [1.29, 1.82) is 0 Å². The van der Waals surface area contributed by atoms with E-state index < -0.39 is 0 Å². The second-order valence-electron chi connectivity index (χ2n) is 4.42. The summed E-state index contributed by atoms with van der Waals surface area (Å²) in [4.78, 5) is 13.7. The Hall–Kier alpha value is -0.870. The van der Waals surface area contributed by atoms with Crippen molar-refractivity contribution in [3.8, 4) is 0 Å². The number of nitrogens with zero attached hydrogens (tertiary/aromatic N) is 1. The number of ether oxygens (including phenoxy) is 1. The molecule has 0 fully saturated rings. The molecule has 0 saturated carbocycles. The highest BCUT2D eigenvalue weighted by Gasteiger charge is 2.16. The first-order valence-electron chi connectivity index (χ1n) is 5.81. The lowest BCUT2D eigenvalue weighted by Gasteiger charge is -2.26. The standard InChI is InChI=1S/C12H22N2O2/c1-10(2)13-8-12(15)14-6-4-11(5-7-14)9-16-3/h4,10,13H,5-9H2,1-3H3. The molecule has 0 atom stereocenters. The van der Waals surface area contributed by atoms with E-state index in [1.807, 2.05) is 18.7 Å². The van der Waals surface area contributed by atoms with Crippen LogP contribution in [0.15, 0.2) is 11.6 Å². The Morgan fingerprint density at radius 1 is 1.62 bits per heavy atom. The van der Waals surface area contributed by atoms with E-state index in [2.05, 4.69) is 11.4 Å². The van der Waals surface area contributed by atoms with Gasteiger partial charge in [-0.3, -0.25) is 4.79 Å². The lowest BCUT2D eigenvalue weighted by molar-refractivity contribution is -0.130. The lowest BCUT2D eigenvalue weighted by Crippen LogP contribution is -2.42. The van der Waals surface area contributed by atoms with Crippen LogP contribution in [0.5, 0.6) is 0 Å². The third kappa shape index (κ3) is 4.33. The van der Waals surface area contributed by atoms with Gasteiger partial charge >= 0.3 is 0 Å². The van der Waals surface area contributed by atoms with E-state index in [9.17, 15) is 4.79 Å². The Morgan fingerprint density at radius 3 is 2.88 bits per heavy atom. The largest absolute Gasteiger partial charge is 0.380 e. The van der Waals surface area contributed by atoms with Gasteiger partial charge in [-0.1, -0.05) is 19.9 Å². The Bertz CT molecular complexity index is 262. The normalized spacial score (nSPS) is 16.5. The fourth-order valence-electron chi connectivity index (χ4n) is 1.66. The molecular formula is C12H22N2O2. The van der Waals surface area contributed by atoms with Crippen molar-refractivity contribution in [2.75, 3.05) is 33.4 Å².